The van der Waals surface area contributed by atoms with Gasteiger partial charge in [-0.2, -0.15) is 0 Å². The van der Waals surface area contributed by atoms with E-state index in [1.807, 2.05) is 34.9 Å². The van der Waals surface area contributed by atoms with Gasteiger partial charge in [-0.25, -0.2) is 9.78 Å². The van der Waals surface area contributed by atoms with Gasteiger partial charge in [0.25, 0.3) is 0 Å². The summed E-state index contributed by atoms with van der Waals surface area (Å²) in [5.74, 6) is 0.995. The average Bonchev–Trinajstić information content (AvgIpc) is 3.18. The predicted octanol–water partition coefficient (Wildman–Crippen LogP) is 4.78. The van der Waals surface area contributed by atoms with Crippen LogP contribution in [0.4, 0.5) is 0 Å². The molecule has 166 valence electrons. The third-order valence-electron chi connectivity index (χ3n) is 5.82. The van der Waals surface area contributed by atoms with Crippen molar-refractivity contribution < 1.29 is 24.1 Å². The predicted molar refractivity (Wildman–Crippen MR) is 124 cm³/mol. The van der Waals surface area contributed by atoms with Gasteiger partial charge in [0, 0.05) is 24.2 Å². The number of benzene rings is 3. The van der Waals surface area contributed by atoms with Crippen molar-refractivity contribution in [1.29, 1.82) is 0 Å². The van der Waals surface area contributed by atoms with E-state index < -0.39 is 5.97 Å². The molecular formula is C26H22N2O5. The van der Waals surface area contributed by atoms with Crippen LogP contribution >= 0.6 is 0 Å². The molecule has 33 heavy (non-hydrogen) atoms. The normalized spacial score (nSPS) is 13.7. The average molecular weight is 442 g/mol. The maximum atomic E-state index is 11.6. The zero-order valence-electron chi connectivity index (χ0n) is 18.2. The number of carboxylic acids is 1. The van der Waals surface area contributed by atoms with E-state index in [-0.39, 0.29) is 5.56 Å². The maximum absolute atomic E-state index is 11.6. The van der Waals surface area contributed by atoms with Crippen molar-refractivity contribution in [2.45, 2.75) is 13.2 Å². The van der Waals surface area contributed by atoms with Crippen molar-refractivity contribution in [3.8, 4) is 17.2 Å². The molecule has 0 unspecified atom stereocenters. The van der Waals surface area contributed by atoms with Crippen molar-refractivity contribution in [2.24, 2.45) is 0 Å². The quantitative estimate of drug-likeness (QED) is 0.479. The highest BCUT2D eigenvalue weighted by Gasteiger charge is 2.21. The van der Waals surface area contributed by atoms with Crippen molar-refractivity contribution in [1.82, 2.24) is 9.55 Å². The van der Waals surface area contributed by atoms with E-state index in [9.17, 15) is 9.90 Å². The van der Waals surface area contributed by atoms with Crippen LogP contribution in [0.1, 0.15) is 27.0 Å². The van der Waals surface area contributed by atoms with Gasteiger partial charge < -0.3 is 23.9 Å². The minimum Gasteiger partial charge on any atom is -0.497 e. The Kier molecular flexibility index (Phi) is 5.22. The summed E-state index contributed by atoms with van der Waals surface area (Å²) >= 11 is 0. The third kappa shape index (κ3) is 3.67. The lowest BCUT2D eigenvalue weighted by Gasteiger charge is -2.12. The van der Waals surface area contributed by atoms with Gasteiger partial charge in [0.1, 0.15) is 29.4 Å². The lowest BCUT2D eigenvalue weighted by molar-refractivity contribution is 0.0697. The van der Waals surface area contributed by atoms with Crippen LogP contribution in [0.15, 0.2) is 67.0 Å². The van der Waals surface area contributed by atoms with Gasteiger partial charge in [0.15, 0.2) is 0 Å². The summed E-state index contributed by atoms with van der Waals surface area (Å²) in [5.41, 5.74) is 5.55. The lowest BCUT2D eigenvalue weighted by atomic mass is 9.93. The van der Waals surface area contributed by atoms with Gasteiger partial charge in [-0.05, 0) is 34.9 Å². The summed E-state index contributed by atoms with van der Waals surface area (Å²) in [4.78, 5) is 16.2. The molecule has 0 spiro atoms. The Morgan fingerprint density at radius 1 is 1.12 bits per heavy atom. The van der Waals surface area contributed by atoms with E-state index in [0.717, 1.165) is 33.3 Å². The second-order valence-corrected chi connectivity index (χ2v) is 7.67. The van der Waals surface area contributed by atoms with Crippen molar-refractivity contribution in [3.05, 3.63) is 89.3 Å². The van der Waals surface area contributed by atoms with Crippen LogP contribution in [-0.2, 0) is 13.2 Å². The van der Waals surface area contributed by atoms with Crippen molar-refractivity contribution in [3.63, 3.8) is 0 Å². The Balaban J connectivity index is 1.65. The first-order chi connectivity index (χ1) is 16.1. The summed E-state index contributed by atoms with van der Waals surface area (Å²) in [7, 11) is 3.22. The van der Waals surface area contributed by atoms with Crippen molar-refractivity contribution in [2.75, 3.05) is 14.2 Å². The molecule has 3 aromatic carbocycles. The van der Waals surface area contributed by atoms with Crippen LogP contribution in [0.5, 0.6) is 17.2 Å². The molecule has 5 rings (SSSR count). The van der Waals surface area contributed by atoms with E-state index >= 15 is 0 Å². The maximum Gasteiger partial charge on any atom is 0.335 e. The molecule has 0 bridgehead atoms. The van der Waals surface area contributed by atoms with E-state index in [1.165, 1.54) is 0 Å². The highest BCUT2D eigenvalue weighted by molar-refractivity contribution is 5.92. The van der Waals surface area contributed by atoms with Crippen LogP contribution in [0.2, 0.25) is 0 Å². The highest BCUT2D eigenvalue weighted by atomic mass is 16.5. The molecule has 1 N–H and O–H groups in total. The van der Waals surface area contributed by atoms with Gasteiger partial charge in [-0.3, -0.25) is 0 Å². The zero-order chi connectivity index (χ0) is 22.9. The molecule has 0 radical (unpaired) electrons. The molecule has 0 atom stereocenters. The number of ether oxygens (including phenoxy) is 3. The van der Waals surface area contributed by atoms with Gasteiger partial charge >= 0.3 is 5.97 Å². The first kappa shape index (κ1) is 20.6. The number of carboxylic acid groups (broad SMARTS) is 1. The molecule has 0 saturated carbocycles. The molecule has 7 nitrogen and oxygen atoms in total. The van der Waals surface area contributed by atoms with E-state index in [1.54, 1.807) is 44.8 Å². The summed E-state index contributed by atoms with van der Waals surface area (Å²) in [6.07, 6.45) is 3.84. The minimum absolute atomic E-state index is 0.213. The number of aromatic carboxylic acids is 1. The van der Waals surface area contributed by atoms with Crippen LogP contribution in [0.25, 0.3) is 16.6 Å². The number of methoxy groups -OCH3 is 2. The number of rotatable bonds is 5. The molecule has 0 fully saturated rings. The number of nitrogens with zero attached hydrogens (tertiary/aromatic N) is 2. The molecule has 0 amide bonds. The Morgan fingerprint density at radius 2 is 1.97 bits per heavy atom. The Hall–Kier alpha value is -4.26. The monoisotopic (exact) mass is 442 g/mol. The number of imidazole rings is 1. The summed E-state index contributed by atoms with van der Waals surface area (Å²) < 4.78 is 18.9. The number of fused-ring (bicyclic) bond motifs is 3. The molecule has 4 aromatic rings. The number of hydrogen-bond acceptors (Lipinski definition) is 5. The molecule has 7 heteroatoms. The van der Waals surface area contributed by atoms with Crippen LogP contribution in [0, 0.1) is 0 Å². The fourth-order valence-corrected chi connectivity index (χ4v) is 4.14. The van der Waals surface area contributed by atoms with Crippen LogP contribution < -0.4 is 14.2 Å². The number of carbonyl (C=O) groups is 1. The fraction of sp³-hybridized carbons (Fsp3) is 0.154. The molecule has 1 aromatic heterocycles. The highest BCUT2D eigenvalue weighted by Crippen LogP contribution is 2.38. The van der Waals surface area contributed by atoms with E-state index in [0.29, 0.717) is 30.4 Å². The topological polar surface area (TPSA) is 82.8 Å². The second kappa shape index (κ2) is 8.35. The van der Waals surface area contributed by atoms with Gasteiger partial charge in [-0.15, -0.1) is 0 Å². The molecular weight excluding hydrogens is 420 g/mol. The van der Waals surface area contributed by atoms with Crippen molar-refractivity contribution >= 4 is 22.6 Å². The molecule has 2 heterocycles. The first-order valence-corrected chi connectivity index (χ1v) is 10.4. The van der Waals surface area contributed by atoms with Gasteiger partial charge in [-0.1, -0.05) is 30.3 Å². The summed E-state index contributed by atoms with van der Waals surface area (Å²) in [6, 6.07) is 16.7. The first-order valence-electron chi connectivity index (χ1n) is 10.4. The molecule has 1 aliphatic heterocycles. The van der Waals surface area contributed by atoms with Crippen LogP contribution in [0.3, 0.4) is 0 Å². The standard InChI is InChI=1S/C26H22N2O5/c1-31-18-12-22-25(24(13-18)32-2)27-15-28(22)10-9-20-19-6-4-3-5-17(19)14-33-23-8-7-16(26(29)30)11-21(20)23/h3-9,11-13,15H,10,14H2,1-2H3,(H,29,30)/b20-9+. The molecule has 0 saturated heterocycles. The lowest BCUT2D eigenvalue weighted by Crippen LogP contribution is -2.00. The molecule has 1 aliphatic rings. The van der Waals surface area contributed by atoms with Crippen LogP contribution in [-0.4, -0.2) is 34.8 Å². The number of allylic oxidation sites excluding steroid dienone is 1. The minimum atomic E-state index is -0.977. The third-order valence-corrected chi connectivity index (χ3v) is 5.82. The van der Waals surface area contributed by atoms with Gasteiger partial charge in [0.2, 0.25) is 0 Å². The number of hydrogen-bond donors (Lipinski definition) is 1. The smallest absolute Gasteiger partial charge is 0.335 e. The summed E-state index contributed by atoms with van der Waals surface area (Å²) in [5, 5.41) is 9.54. The Bertz CT molecular complexity index is 1400. The largest absolute Gasteiger partial charge is 0.497 e. The second-order valence-electron chi connectivity index (χ2n) is 7.67. The fourth-order valence-electron chi connectivity index (χ4n) is 4.14. The summed E-state index contributed by atoms with van der Waals surface area (Å²) in [6.45, 7) is 0.919. The van der Waals surface area contributed by atoms with E-state index in [4.69, 9.17) is 14.2 Å². The van der Waals surface area contributed by atoms with E-state index in [2.05, 4.69) is 11.1 Å². The zero-order valence-corrected chi connectivity index (χ0v) is 18.2. The Morgan fingerprint density at radius 3 is 2.76 bits per heavy atom. The SMILES string of the molecule is COc1cc(OC)c2ncn(C/C=C3\c4ccccc4COc4ccc(C(=O)O)cc43)c2c1. The molecule has 0 aliphatic carbocycles. The van der Waals surface area contributed by atoms with Gasteiger partial charge in [0.05, 0.1) is 31.6 Å². The Labute approximate surface area is 190 Å². The number of aromatic nitrogens is 2.